The molecule has 0 amide bonds. The smallest absolute Gasteiger partial charge is 0.156 e. The Hall–Kier alpha value is -4.71. The molecule has 5 rings (SSSR count). The van der Waals surface area contributed by atoms with Crippen LogP contribution in [-0.4, -0.2) is 33.4 Å². The van der Waals surface area contributed by atoms with Crippen LogP contribution in [0.3, 0.4) is 0 Å². The van der Waals surface area contributed by atoms with E-state index in [9.17, 15) is 0 Å². The second-order valence-electron chi connectivity index (χ2n) is 8.96. The first-order chi connectivity index (χ1) is 18.9. The average Bonchev–Trinajstić information content (AvgIpc) is 2.97. The zero-order chi connectivity index (χ0) is 27.9. The van der Waals surface area contributed by atoms with E-state index in [-0.39, 0.29) is 0 Å². The Kier molecular flexibility index (Phi) is 8.56. The van der Waals surface area contributed by atoms with Gasteiger partial charge >= 0.3 is 0 Å². The maximum absolute atomic E-state index is 5.96. The molecule has 2 N–H and O–H groups in total. The zero-order valence-corrected chi connectivity index (χ0v) is 23.2. The number of rotatable bonds is 6. The lowest BCUT2D eigenvalue weighted by atomic mass is 9.97. The fourth-order valence-electron chi connectivity index (χ4n) is 4.71. The third-order valence-electron chi connectivity index (χ3n) is 6.64. The Bertz CT molecular complexity index is 1600. The van der Waals surface area contributed by atoms with E-state index in [1.54, 1.807) is 40.7 Å². The zero-order valence-electron chi connectivity index (χ0n) is 23.2. The predicted molar refractivity (Wildman–Crippen MR) is 159 cm³/mol. The van der Waals surface area contributed by atoms with Gasteiger partial charge in [0.05, 0.1) is 45.3 Å². The Morgan fingerprint density at radius 3 is 1.69 bits per heavy atom. The highest BCUT2D eigenvalue weighted by atomic mass is 16.5. The fraction of sp³-hybridized carbons (Fsp3) is 0.182. The van der Waals surface area contributed by atoms with Crippen molar-refractivity contribution in [3.8, 4) is 45.3 Å². The second-order valence-corrected chi connectivity index (χ2v) is 8.96. The third-order valence-corrected chi connectivity index (χ3v) is 6.64. The minimum Gasteiger partial charge on any atom is -0.496 e. The van der Waals surface area contributed by atoms with Crippen molar-refractivity contribution in [2.45, 2.75) is 13.8 Å². The van der Waals surface area contributed by atoms with Crippen molar-refractivity contribution in [1.29, 1.82) is 0 Å². The Morgan fingerprint density at radius 1 is 0.590 bits per heavy atom. The summed E-state index contributed by atoms with van der Waals surface area (Å²) in [6.45, 7) is 4.13. The van der Waals surface area contributed by atoms with Crippen LogP contribution in [0.1, 0.15) is 11.1 Å². The van der Waals surface area contributed by atoms with E-state index in [0.717, 1.165) is 56.0 Å². The van der Waals surface area contributed by atoms with Crippen molar-refractivity contribution in [3.63, 3.8) is 0 Å². The molecule has 0 fully saturated rings. The van der Waals surface area contributed by atoms with Gasteiger partial charge < -0.3 is 24.7 Å². The number of aryl methyl sites for hydroxylation is 2. The highest BCUT2D eigenvalue weighted by Gasteiger charge is 2.19. The van der Waals surface area contributed by atoms with Gasteiger partial charge in [0.15, 0.2) is 11.5 Å². The number of nitrogen functional groups attached to an aromatic ring is 1. The van der Waals surface area contributed by atoms with Gasteiger partial charge in [0.25, 0.3) is 0 Å². The first kappa shape index (κ1) is 27.3. The number of anilines is 1. The monoisotopic (exact) mass is 522 g/mol. The normalized spacial score (nSPS) is 10.4. The molecule has 0 aliphatic rings. The minimum absolute atomic E-state index is 0.608. The molecular weight excluding hydrogens is 488 g/mol. The van der Waals surface area contributed by atoms with Crippen molar-refractivity contribution < 1.29 is 18.9 Å². The Morgan fingerprint density at radius 2 is 1.15 bits per heavy atom. The molecule has 1 heterocycles. The van der Waals surface area contributed by atoms with Gasteiger partial charge in [0.2, 0.25) is 0 Å². The number of hydrogen-bond acceptors (Lipinski definition) is 6. The lowest BCUT2D eigenvalue weighted by Gasteiger charge is -2.17. The topological polar surface area (TPSA) is 75.8 Å². The molecule has 0 saturated heterocycles. The number of pyridine rings is 1. The first-order valence-corrected chi connectivity index (χ1v) is 12.6. The van der Waals surface area contributed by atoms with E-state index in [0.29, 0.717) is 11.4 Å². The van der Waals surface area contributed by atoms with Gasteiger partial charge in [0.1, 0.15) is 17.0 Å². The van der Waals surface area contributed by atoms with E-state index < -0.39 is 0 Å². The third kappa shape index (κ3) is 5.46. The molecule has 0 bridgehead atoms. The van der Waals surface area contributed by atoms with E-state index in [4.69, 9.17) is 24.7 Å². The van der Waals surface area contributed by atoms with Crippen LogP contribution in [0.2, 0.25) is 0 Å². The van der Waals surface area contributed by atoms with Crippen molar-refractivity contribution >= 4 is 16.6 Å². The molecule has 0 atom stereocenters. The summed E-state index contributed by atoms with van der Waals surface area (Å²) in [5, 5.41) is 1.00. The van der Waals surface area contributed by atoms with Gasteiger partial charge in [0, 0.05) is 11.6 Å². The number of benzene rings is 4. The molecule has 6 nitrogen and oxygen atoms in total. The molecule has 0 saturated carbocycles. The molecule has 39 heavy (non-hydrogen) atoms. The van der Waals surface area contributed by atoms with E-state index in [2.05, 4.69) is 37.0 Å². The van der Waals surface area contributed by atoms with Gasteiger partial charge in [-0.3, -0.25) is 4.98 Å². The molecule has 0 radical (unpaired) electrons. The summed E-state index contributed by atoms with van der Waals surface area (Å²) in [6.07, 6.45) is 1.78. The van der Waals surface area contributed by atoms with Crippen molar-refractivity contribution in [2.75, 3.05) is 34.2 Å². The van der Waals surface area contributed by atoms with Crippen LogP contribution < -0.4 is 24.7 Å². The highest BCUT2D eigenvalue weighted by molar-refractivity contribution is 5.96. The van der Waals surface area contributed by atoms with Gasteiger partial charge in [-0.1, -0.05) is 54.6 Å². The number of nitrogens with two attached hydrogens (primary N) is 1. The fourth-order valence-corrected chi connectivity index (χ4v) is 4.71. The molecular formula is C33H34N2O4. The SMILES string of the molecule is COc1cc2cccnc2c(OC)c1-c1ccccc1C.COc1ccc(N)c(OC)c1-c1ccccc1C. The van der Waals surface area contributed by atoms with Crippen molar-refractivity contribution in [1.82, 2.24) is 4.98 Å². The lowest BCUT2D eigenvalue weighted by molar-refractivity contribution is 0.398. The van der Waals surface area contributed by atoms with Crippen molar-refractivity contribution in [3.05, 3.63) is 96.2 Å². The molecule has 200 valence electrons. The lowest BCUT2D eigenvalue weighted by Crippen LogP contribution is -1.98. The maximum atomic E-state index is 5.96. The van der Waals surface area contributed by atoms with Gasteiger partial charge in [-0.25, -0.2) is 0 Å². The van der Waals surface area contributed by atoms with Crippen LogP contribution in [0.25, 0.3) is 33.2 Å². The highest BCUT2D eigenvalue weighted by Crippen LogP contribution is 2.44. The summed E-state index contributed by atoms with van der Waals surface area (Å²) in [5.74, 6) is 2.96. The second kappa shape index (κ2) is 12.2. The predicted octanol–water partition coefficient (Wildman–Crippen LogP) is 7.49. The number of methoxy groups -OCH3 is 4. The van der Waals surface area contributed by atoms with Crippen LogP contribution in [0.4, 0.5) is 5.69 Å². The standard InChI is InChI=1S/C18H17NO2.C15H17NO2/c1-12-7-4-5-9-14(12)16-15(20-2)11-13-8-6-10-19-17(13)18(16)21-3;1-10-6-4-5-7-11(10)14-13(17-2)9-8-12(16)15(14)18-3/h4-11H,1-3H3;4-9H,16H2,1-3H3. The molecule has 0 aliphatic heterocycles. The van der Waals surface area contributed by atoms with Crippen LogP contribution in [0, 0.1) is 13.8 Å². The van der Waals surface area contributed by atoms with E-state index in [1.165, 1.54) is 5.56 Å². The van der Waals surface area contributed by atoms with Gasteiger partial charge in [-0.05, 0) is 60.4 Å². The minimum atomic E-state index is 0.608. The Balaban J connectivity index is 0.000000183. The van der Waals surface area contributed by atoms with E-state index in [1.807, 2.05) is 54.6 Å². The summed E-state index contributed by atoms with van der Waals surface area (Å²) < 4.78 is 22.1. The maximum Gasteiger partial charge on any atom is 0.156 e. The number of hydrogen-bond donors (Lipinski definition) is 1. The van der Waals surface area contributed by atoms with Crippen molar-refractivity contribution in [2.24, 2.45) is 0 Å². The van der Waals surface area contributed by atoms with Crippen LogP contribution in [0.5, 0.6) is 23.0 Å². The first-order valence-electron chi connectivity index (χ1n) is 12.6. The molecule has 1 aromatic heterocycles. The average molecular weight is 523 g/mol. The number of nitrogens with zero attached hydrogens (tertiary/aromatic N) is 1. The van der Waals surface area contributed by atoms with E-state index >= 15 is 0 Å². The molecule has 0 spiro atoms. The number of ether oxygens (including phenoxy) is 4. The van der Waals surface area contributed by atoms with Crippen LogP contribution in [0.15, 0.2) is 85.1 Å². The number of aromatic nitrogens is 1. The molecule has 5 aromatic rings. The molecule has 4 aromatic carbocycles. The number of fused-ring (bicyclic) bond motifs is 1. The summed E-state index contributed by atoms with van der Waals surface area (Å²) in [7, 11) is 6.61. The summed E-state index contributed by atoms with van der Waals surface area (Å²) in [6, 6.07) is 25.9. The molecule has 0 unspecified atom stereocenters. The summed E-state index contributed by atoms with van der Waals surface area (Å²) in [4.78, 5) is 4.46. The van der Waals surface area contributed by atoms with Crippen LogP contribution in [-0.2, 0) is 0 Å². The summed E-state index contributed by atoms with van der Waals surface area (Å²) >= 11 is 0. The largest absolute Gasteiger partial charge is 0.496 e. The van der Waals surface area contributed by atoms with Crippen LogP contribution >= 0.6 is 0 Å². The summed E-state index contributed by atoms with van der Waals surface area (Å²) in [5.41, 5.74) is 13.8. The molecule has 6 heteroatoms. The molecule has 0 aliphatic carbocycles. The Labute approximate surface area is 229 Å². The van der Waals surface area contributed by atoms with Gasteiger partial charge in [-0.2, -0.15) is 0 Å². The quantitative estimate of drug-likeness (QED) is 0.233. The van der Waals surface area contributed by atoms with Gasteiger partial charge in [-0.15, -0.1) is 0 Å².